The van der Waals surface area contributed by atoms with Gasteiger partial charge in [0, 0.05) is 5.69 Å². The minimum atomic E-state index is -3.78. The van der Waals surface area contributed by atoms with E-state index >= 15 is 0 Å². The highest BCUT2D eigenvalue weighted by molar-refractivity contribution is 8.00. The lowest BCUT2D eigenvalue weighted by molar-refractivity contribution is -0.115. The van der Waals surface area contributed by atoms with Crippen molar-refractivity contribution >= 4 is 33.4 Å². The molecule has 0 radical (unpaired) electrons. The normalized spacial score (nSPS) is 12.5. The van der Waals surface area contributed by atoms with E-state index in [-0.39, 0.29) is 10.8 Å². The van der Waals surface area contributed by atoms with Gasteiger partial charge in [0.15, 0.2) is 0 Å². The van der Waals surface area contributed by atoms with Crippen LogP contribution in [0.4, 0.5) is 5.69 Å². The van der Waals surface area contributed by atoms with Gasteiger partial charge >= 0.3 is 0 Å². The van der Waals surface area contributed by atoms with Crippen LogP contribution < -0.4 is 10.5 Å². The predicted molar refractivity (Wildman–Crippen MR) is 106 cm³/mol. The number of amides is 1. The Morgan fingerprint density at radius 2 is 1.86 bits per heavy atom. The molecule has 146 valence electrons. The average molecular weight is 419 g/mol. The maximum absolute atomic E-state index is 12.6. The molecule has 2 aromatic carbocycles. The molecule has 0 fully saturated rings. The summed E-state index contributed by atoms with van der Waals surface area (Å²) in [6, 6.07) is 15.0. The van der Waals surface area contributed by atoms with Gasteiger partial charge in [0.2, 0.25) is 21.1 Å². The van der Waals surface area contributed by atoms with E-state index in [2.05, 4.69) is 20.8 Å². The minimum absolute atomic E-state index is 0.0195. The quantitative estimate of drug-likeness (QED) is 0.559. The molecule has 28 heavy (non-hydrogen) atoms. The third kappa shape index (κ3) is 4.74. The lowest BCUT2D eigenvalue weighted by atomic mass is 10.3. The van der Waals surface area contributed by atoms with Crippen molar-refractivity contribution in [1.82, 2.24) is 20.2 Å². The fourth-order valence-corrected chi connectivity index (χ4v) is 3.81. The van der Waals surface area contributed by atoms with Crippen LogP contribution in [0.2, 0.25) is 0 Å². The fourth-order valence-electron chi connectivity index (χ4n) is 2.38. The molecule has 0 spiro atoms. The number of thioether (sulfide) groups is 1. The van der Waals surface area contributed by atoms with E-state index in [1.165, 1.54) is 36.0 Å². The Kier molecular flexibility index (Phi) is 6.07. The van der Waals surface area contributed by atoms with Crippen molar-refractivity contribution in [3.05, 3.63) is 54.6 Å². The number of carbonyl (C=O) groups is 1. The molecular weight excluding hydrogens is 400 g/mol. The Bertz CT molecular complexity index is 1050. The molecule has 0 aliphatic rings. The summed E-state index contributed by atoms with van der Waals surface area (Å²) in [6.07, 6.45) is 0.549. The first-order valence-corrected chi connectivity index (χ1v) is 10.7. The van der Waals surface area contributed by atoms with E-state index in [0.717, 1.165) is 5.69 Å². The Morgan fingerprint density at radius 3 is 2.46 bits per heavy atom. The molecule has 0 aliphatic carbocycles. The second-order valence-corrected chi connectivity index (χ2v) is 8.51. The van der Waals surface area contributed by atoms with Gasteiger partial charge in [0.25, 0.3) is 0 Å². The van der Waals surface area contributed by atoms with Crippen LogP contribution in [0, 0.1) is 0 Å². The van der Waals surface area contributed by atoms with Crippen molar-refractivity contribution in [2.75, 3.05) is 5.32 Å². The molecule has 11 heteroatoms. The number of tetrazole rings is 1. The number of primary sulfonamides is 1. The van der Waals surface area contributed by atoms with E-state index in [0.29, 0.717) is 17.3 Å². The number of hydrogen-bond acceptors (Lipinski definition) is 7. The molecule has 0 saturated heterocycles. The molecule has 1 amide bonds. The maximum Gasteiger partial charge on any atom is 0.238 e. The van der Waals surface area contributed by atoms with Crippen LogP contribution in [0.3, 0.4) is 0 Å². The van der Waals surface area contributed by atoms with Gasteiger partial charge < -0.3 is 5.32 Å². The summed E-state index contributed by atoms with van der Waals surface area (Å²) in [5.74, 6) is -0.238. The number of carbonyl (C=O) groups excluding carboxylic acids is 1. The van der Waals surface area contributed by atoms with Crippen molar-refractivity contribution in [3.63, 3.8) is 0 Å². The van der Waals surface area contributed by atoms with Gasteiger partial charge in [-0.05, 0) is 53.2 Å². The van der Waals surface area contributed by atoms with Crippen LogP contribution in [-0.2, 0) is 14.8 Å². The highest BCUT2D eigenvalue weighted by Crippen LogP contribution is 2.26. The minimum Gasteiger partial charge on any atom is -0.325 e. The molecule has 0 aliphatic heterocycles. The average Bonchev–Trinajstić information content (AvgIpc) is 3.14. The number of para-hydroxylation sites is 1. The summed E-state index contributed by atoms with van der Waals surface area (Å²) in [5, 5.41) is 19.6. The molecular formula is C17H18N6O3S2. The number of sulfonamides is 1. The number of nitrogens with one attached hydrogen (secondary N) is 1. The van der Waals surface area contributed by atoms with Crippen LogP contribution in [0.1, 0.15) is 13.3 Å². The van der Waals surface area contributed by atoms with Crippen LogP contribution in [0.5, 0.6) is 0 Å². The first kappa shape index (κ1) is 20.0. The van der Waals surface area contributed by atoms with Crippen molar-refractivity contribution in [3.8, 4) is 5.69 Å². The number of anilines is 1. The van der Waals surface area contributed by atoms with E-state index in [1.807, 2.05) is 37.3 Å². The number of nitrogens with two attached hydrogens (primary N) is 1. The molecule has 1 atom stereocenters. The largest absolute Gasteiger partial charge is 0.325 e. The summed E-state index contributed by atoms with van der Waals surface area (Å²) in [5.41, 5.74) is 1.27. The molecule has 0 saturated carbocycles. The SMILES string of the molecule is CCC(Sc1nnnn1-c1ccccc1)C(=O)Nc1ccc(S(N)(=O)=O)cc1. The fraction of sp³-hybridized carbons (Fsp3) is 0.176. The molecule has 0 bridgehead atoms. The van der Waals surface area contributed by atoms with E-state index in [4.69, 9.17) is 5.14 Å². The summed E-state index contributed by atoms with van der Waals surface area (Å²) in [4.78, 5) is 12.6. The summed E-state index contributed by atoms with van der Waals surface area (Å²) < 4.78 is 24.2. The standard InChI is InChI=1S/C17H18N6O3S2/c1-2-15(16(24)19-12-8-10-14(11-9-12)28(18,25)26)27-17-20-21-22-23(17)13-6-4-3-5-7-13/h3-11,15H,2H2,1H3,(H,19,24)(H2,18,25,26). The molecule has 3 rings (SSSR count). The van der Waals surface area contributed by atoms with Gasteiger partial charge in [-0.3, -0.25) is 4.79 Å². The van der Waals surface area contributed by atoms with Gasteiger partial charge in [-0.25, -0.2) is 13.6 Å². The Hall–Kier alpha value is -2.76. The number of nitrogens with zero attached hydrogens (tertiary/aromatic N) is 4. The zero-order chi connectivity index (χ0) is 20.1. The second-order valence-electron chi connectivity index (χ2n) is 5.78. The zero-order valence-electron chi connectivity index (χ0n) is 14.9. The van der Waals surface area contributed by atoms with Crippen molar-refractivity contribution in [2.45, 2.75) is 28.6 Å². The van der Waals surface area contributed by atoms with Crippen LogP contribution in [0.25, 0.3) is 5.69 Å². The van der Waals surface area contributed by atoms with Gasteiger partial charge in [-0.1, -0.05) is 36.9 Å². The van der Waals surface area contributed by atoms with Crippen molar-refractivity contribution in [1.29, 1.82) is 0 Å². The van der Waals surface area contributed by atoms with E-state index < -0.39 is 15.3 Å². The topological polar surface area (TPSA) is 133 Å². The Morgan fingerprint density at radius 1 is 1.18 bits per heavy atom. The van der Waals surface area contributed by atoms with Gasteiger partial charge in [0.1, 0.15) is 0 Å². The lowest BCUT2D eigenvalue weighted by Crippen LogP contribution is -2.25. The summed E-state index contributed by atoms with van der Waals surface area (Å²) in [7, 11) is -3.78. The number of aromatic nitrogens is 4. The van der Waals surface area contributed by atoms with Gasteiger partial charge in [0.05, 0.1) is 15.8 Å². The molecule has 3 aromatic rings. The third-order valence-electron chi connectivity index (χ3n) is 3.80. The third-order valence-corrected chi connectivity index (χ3v) is 6.03. The Balaban J connectivity index is 1.72. The van der Waals surface area contributed by atoms with Crippen LogP contribution in [0.15, 0.2) is 64.6 Å². The number of benzene rings is 2. The van der Waals surface area contributed by atoms with E-state index in [1.54, 1.807) is 4.68 Å². The van der Waals surface area contributed by atoms with Gasteiger partial charge in [-0.2, -0.15) is 4.68 Å². The summed E-state index contributed by atoms with van der Waals surface area (Å²) in [6.45, 7) is 1.89. The molecule has 3 N–H and O–H groups in total. The molecule has 1 aromatic heterocycles. The van der Waals surface area contributed by atoms with Crippen LogP contribution >= 0.6 is 11.8 Å². The number of hydrogen-bond donors (Lipinski definition) is 2. The lowest BCUT2D eigenvalue weighted by Gasteiger charge is -2.14. The maximum atomic E-state index is 12.6. The van der Waals surface area contributed by atoms with Crippen LogP contribution in [-0.4, -0.2) is 39.8 Å². The predicted octanol–water partition coefficient (Wildman–Crippen LogP) is 1.82. The molecule has 1 unspecified atom stereocenters. The number of rotatable bonds is 7. The zero-order valence-corrected chi connectivity index (χ0v) is 16.5. The monoisotopic (exact) mass is 418 g/mol. The first-order valence-electron chi connectivity index (χ1n) is 8.32. The summed E-state index contributed by atoms with van der Waals surface area (Å²) >= 11 is 1.25. The van der Waals surface area contributed by atoms with Crippen molar-refractivity contribution in [2.24, 2.45) is 5.14 Å². The van der Waals surface area contributed by atoms with Crippen molar-refractivity contribution < 1.29 is 13.2 Å². The van der Waals surface area contributed by atoms with E-state index in [9.17, 15) is 13.2 Å². The second kappa shape index (κ2) is 8.50. The Labute approximate surface area is 166 Å². The van der Waals surface area contributed by atoms with Gasteiger partial charge in [-0.15, -0.1) is 5.10 Å². The smallest absolute Gasteiger partial charge is 0.238 e. The molecule has 1 heterocycles. The highest BCUT2D eigenvalue weighted by atomic mass is 32.2. The molecule has 9 nitrogen and oxygen atoms in total. The highest BCUT2D eigenvalue weighted by Gasteiger charge is 2.22. The first-order chi connectivity index (χ1) is 13.4.